The molecule has 174 valence electrons. The summed E-state index contributed by atoms with van der Waals surface area (Å²) in [4.78, 5) is 24.7. The van der Waals surface area contributed by atoms with E-state index in [0.717, 1.165) is 44.7 Å². The Kier molecular flexibility index (Phi) is 6.56. The van der Waals surface area contributed by atoms with Crippen LogP contribution in [0.4, 0.5) is 0 Å². The lowest BCUT2D eigenvalue weighted by Gasteiger charge is -2.21. The smallest absolute Gasteiger partial charge is 0.311 e. The molecule has 3 heterocycles. The van der Waals surface area contributed by atoms with Crippen LogP contribution in [0.25, 0.3) is 29.1 Å². The molecule has 34 heavy (non-hydrogen) atoms. The van der Waals surface area contributed by atoms with Gasteiger partial charge in [-0.1, -0.05) is 30.4 Å². The van der Waals surface area contributed by atoms with Gasteiger partial charge in [0.1, 0.15) is 0 Å². The fourth-order valence-corrected chi connectivity index (χ4v) is 3.81. The van der Waals surface area contributed by atoms with Gasteiger partial charge in [0.25, 0.3) is 0 Å². The van der Waals surface area contributed by atoms with Crippen molar-refractivity contribution < 1.29 is 15.0 Å². The third-order valence-electron chi connectivity index (χ3n) is 6.43. The van der Waals surface area contributed by atoms with E-state index in [1.165, 1.54) is 0 Å². The van der Waals surface area contributed by atoms with E-state index in [1.807, 2.05) is 54.3 Å². The van der Waals surface area contributed by atoms with Crippen LogP contribution in [0.15, 0.2) is 55.4 Å². The monoisotopic (exact) mass is 456 g/mol. The molecule has 1 atom stereocenters. The van der Waals surface area contributed by atoms with E-state index in [2.05, 4.69) is 34.0 Å². The molecule has 0 unspecified atom stereocenters. The summed E-state index contributed by atoms with van der Waals surface area (Å²) in [5, 5.41) is 18.9. The van der Waals surface area contributed by atoms with Crippen LogP contribution in [0, 0.1) is 19.3 Å². The van der Waals surface area contributed by atoms with Gasteiger partial charge in [-0.15, -0.1) is 0 Å². The molecule has 7 nitrogen and oxygen atoms in total. The molecule has 2 N–H and O–H groups in total. The fraction of sp³-hybridized carbons (Fsp3) is 0.259. The first-order valence-electron chi connectivity index (χ1n) is 11.2. The standard InChI is InChI=1S/C27H28N4O3/c1-18-4-5-20(8-9-27(3,17-32)26(33)34)12-21(18)6-7-22-13-28-14-23(19(22)2)24-16-31-11-10-29-25(31)15-30-24/h4-7,10-16,32H,8-9,17H2,1-3H3,(H,33,34)/b7-6+/t27-/m0/s1. The summed E-state index contributed by atoms with van der Waals surface area (Å²) in [7, 11) is 0. The van der Waals surface area contributed by atoms with Crippen LogP contribution in [-0.2, 0) is 11.2 Å². The van der Waals surface area contributed by atoms with Crippen molar-refractivity contribution in [3.05, 3.63) is 83.2 Å². The number of aromatic nitrogens is 4. The average molecular weight is 457 g/mol. The normalized spacial score (nSPS) is 13.4. The van der Waals surface area contributed by atoms with Gasteiger partial charge in [-0.25, -0.2) is 4.98 Å². The van der Waals surface area contributed by atoms with Crippen LogP contribution >= 0.6 is 0 Å². The van der Waals surface area contributed by atoms with Crippen molar-refractivity contribution in [3.8, 4) is 11.3 Å². The van der Waals surface area contributed by atoms with Crippen LogP contribution in [0.1, 0.15) is 41.2 Å². The van der Waals surface area contributed by atoms with Crippen LogP contribution in [-0.4, -0.2) is 42.1 Å². The number of aliphatic hydroxyl groups excluding tert-OH is 1. The first kappa shape index (κ1) is 23.3. The number of carboxylic acids is 1. The number of hydrogen-bond donors (Lipinski definition) is 2. The van der Waals surface area contributed by atoms with Gasteiger partial charge < -0.3 is 14.6 Å². The molecule has 7 heteroatoms. The maximum absolute atomic E-state index is 11.5. The third kappa shape index (κ3) is 4.75. The van der Waals surface area contributed by atoms with E-state index in [1.54, 1.807) is 19.3 Å². The van der Waals surface area contributed by atoms with Crippen molar-refractivity contribution in [3.63, 3.8) is 0 Å². The number of carbonyl (C=O) groups is 1. The molecule has 4 rings (SSSR count). The van der Waals surface area contributed by atoms with Crippen LogP contribution in [0.3, 0.4) is 0 Å². The number of aryl methyl sites for hydroxylation is 2. The Bertz CT molecular complexity index is 1380. The number of nitrogens with zero attached hydrogens (tertiary/aromatic N) is 4. The highest BCUT2D eigenvalue weighted by Gasteiger charge is 2.31. The average Bonchev–Trinajstić information content (AvgIpc) is 3.31. The van der Waals surface area contributed by atoms with Crippen molar-refractivity contribution in [2.45, 2.75) is 33.6 Å². The lowest BCUT2D eigenvalue weighted by molar-refractivity contribution is -0.150. The van der Waals surface area contributed by atoms with Crippen molar-refractivity contribution in [1.29, 1.82) is 0 Å². The van der Waals surface area contributed by atoms with Gasteiger partial charge in [0.15, 0.2) is 5.65 Å². The van der Waals surface area contributed by atoms with E-state index in [0.29, 0.717) is 12.8 Å². The number of imidazole rings is 1. The van der Waals surface area contributed by atoms with Crippen molar-refractivity contribution in [2.24, 2.45) is 5.41 Å². The maximum Gasteiger partial charge on any atom is 0.311 e. The SMILES string of the molecule is Cc1ccc(CC[C@@](C)(CO)C(=O)O)cc1/C=C/c1cncc(-c2cn3ccnc3cn2)c1C. The molecule has 3 aromatic heterocycles. The Morgan fingerprint density at radius 3 is 2.68 bits per heavy atom. The highest BCUT2D eigenvalue weighted by Crippen LogP contribution is 2.27. The predicted molar refractivity (Wildman–Crippen MR) is 132 cm³/mol. The minimum atomic E-state index is -1.14. The number of pyridine rings is 1. The van der Waals surface area contributed by atoms with Gasteiger partial charge in [0, 0.05) is 36.5 Å². The van der Waals surface area contributed by atoms with Crippen molar-refractivity contribution in [1.82, 2.24) is 19.4 Å². The number of benzene rings is 1. The van der Waals surface area contributed by atoms with Gasteiger partial charge in [0.05, 0.1) is 23.9 Å². The molecule has 0 bridgehead atoms. The summed E-state index contributed by atoms with van der Waals surface area (Å²) < 4.78 is 1.94. The summed E-state index contributed by atoms with van der Waals surface area (Å²) >= 11 is 0. The van der Waals surface area contributed by atoms with Crippen molar-refractivity contribution >= 4 is 23.8 Å². The molecule has 0 amide bonds. The number of aliphatic hydroxyl groups is 1. The minimum Gasteiger partial charge on any atom is -0.481 e. The summed E-state index contributed by atoms with van der Waals surface area (Å²) in [6.07, 6.45) is 16.0. The van der Waals surface area contributed by atoms with E-state index >= 15 is 0 Å². The number of aliphatic carboxylic acids is 1. The maximum atomic E-state index is 11.5. The van der Waals surface area contributed by atoms with Crippen LogP contribution in [0.5, 0.6) is 0 Å². The fourth-order valence-electron chi connectivity index (χ4n) is 3.81. The van der Waals surface area contributed by atoms with Gasteiger partial charge >= 0.3 is 5.97 Å². The minimum absolute atomic E-state index is 0.365. The molecule has 0 fully saturated rings. The van der Waals surface area contributed by atoms with Gasteiger partial charge in [-0.05, 0) is 61.4 Å². The van der Waals surface area contributed by atoms with Gasteiger partial charge in [-0.2, -0.15) is 0 Å². The molecule has 0 spiro atoms. The largest absolute Gasteiger partial charge is 0.481 e. The predicted octanol–water partition coefficient (Wildman–Crippen LogP) is 4.59. The van der Waals surface area contributed by atoms with Gasteiger partial charge in [-0.3, -0.25) is 14.8 Å². The van der Waals surface area contributed by atoms with Crippen LogP contribution < -0.4 is 0 Å². The van der Waals surface area contributed by atoms with E-state index < -0.39 is 11.4 Å². The third-order valence-corrected chi connectivity index (χ3v) is 6.43. The zero-order valence-electron chi connectivity index (χ0n) is 19.6. The zero-order chi connectivity index (χ0) is 24.3. The quantitative estimate of drug-likeness (QED) is 0.402. The van der Waals surface area contributed by atoms with Gasteiger partial charge in [0.2, 0.25) is 0 Å². The topological polar surface area (TPSA) is 101 Å². The lowest BCUT2D eigenvalue weighted by atomic mass is 9.84. The first-order chi connectivity index (χ1) is 16.3. The number of rotatable bonds is 8. The van der Waals surface area contributed by atoms with Crippen LogP contribution in [0.2, 0.25) is 0 Å². The van der Waals surface area contributed by atoms with E-state index in [-0.39, 0.29) is 6.61 Å². The Labute approximate surface area is 198 Å². The lowest BCUT2D eigenvalue weighted by Crippen LogP contribution is -2.32. The summed E-state index contributed by atoms with van der Waals surface area (Å²) in [6, 6.07) is 6.13. The highest BCUT2D eigenvalue weighted by atomic mass is 16.4. The number of fused-ring (bicyclic) bond motifs is 1. The second-order valence-electron chi connectivity index (χ2n) is 8.91. The van der Waals surface area contributed by atoms with Crippen molar-refractivity contribution in [2.75, 3.05) is 6.61 Å². The molecule has 0 aliphatic rings. The molecule has 1 aromatic carbocycles. The molecular weight excluding hydrogens is 428 g/mol. The molecular formula is C27H28N4O3. The second kappa shape index (κ2) is 9.57. The number of hydrogen-bond acceptors (Lipinski definition) is 5. The second-order valence-corrected chi connectivity index (χ2v) is 8.91. The summed E-state index contributed by atoms with van der Waals surface area (Å²) in [5.74, 6) is -0.980. The molecule has 0 saturated heterocycles. The Morgan fingerprint density at radius 1 is 1.12 bits per heavy atom. The molecule has 4 aromatic rings. The summed E-state index contributed by atoms with van der Waals surface area (Å²) in [5.41, 5.74) is 6.72. The van der Waals surface area contributed by atoms with E-state index in [4.69, 9.17) is 0 Å². The Morgan fingerprint density at radius 2 is 1.91 bits per heavy atom. The number of carboxylic acid groups (broad SMARTS) is 1. The zero-order valence-corrected chi connectivity index (χ0v) is 19.6. The highest BCUT2D eigenvalue weighted by molar-refractivity contribution is 5.76. The molecule has 0 aliphatic carbocycles. The molecule has 0 radical (unpaired) electrons. The Balaban J connectivity index is 1.58. The van der Waals surface area contributed by atoms with E-state index in [9.17, 15) is 15.0 Å². The summed E-state index contributed by atoms with van der Waals surface area (Å²) in [6.45, 7) is 5.30. The molecule has 0 saturated carbocycles. The first-order valence-corrected chi connectivity index (χ1v) is 11.2. The molecule has 0 aliphatic heterocycles. The Hall–Kier alpha value is -3.84.